The van der Waals surface area contributed by atoms with Crippen molar-refractivity contribution in [2.24, 2.45) is 0 Å². The van der Waals surface area contributed by atoms with Gasteiger partial charge in [-0.3, -0.25) is 4.79 Å². The first-order valence-corrected chi connectivity index (χ1v) is 8.96. The van der Waals surface area contributed by atoms with Gasteiger partial charge in [-0.2, -0.15) is 13.2 Å². The lowest BCUT2D eigenvalue weighted by atomic mass is 10.2. The Hall–Kier alpha value is -2.39. The molecule has 4 nitrogen and oxygen atoms in total. The largest absolute Gasteiger partial charge is 0.418 e. The highest BCUT2D eigenvalue weighted by Crippen LogP contribution is 2.36. The second-order valence-corrected chi connectivity index (χ2v) is 6.94. The van der Waals surface area contributed by atoms with Gasteiger partial charge in [0.15, 0.2) is 5.13 Å². The molecule has 3 rings (SSSR count). The first-order chi connectivity index (χ1) is 12.3. The van der Waals surface area contributed by atoms with Gasteiger partial charge in [0.1, 0.15) is 5.69 Å². The summed E-state index contributed by atoms with van der Waals surface area (Å²) in [6.07, 6.45) is -4.48. The lowest BCUT2D eigenvalue weighted by Crippen LogP contribution is -2.12. The van der Waals surface area contributed by atoms with E-state index in [4.69, 9.17) is 0 Å². The number of rotatable bonds is 4. The number of anilines is 3. The molecule has 0 fully saturated rings. The Morgan fingerprint density at radius 2 is 1.77 bits per heavy atom. The molecule has 1 aromatic heterocycles. The smallest absolute Gasteiger partial charge is 0.331 e. The Kier molecular flexibility index (Phi) is 5.28. The second kappa shape index (κ2) is 7.46. The van der Waals surface area contributed by atoms with E-state index in [1.165, 1.54) is 23.6 Å². The van der Waals surface area contributed by atoms with Crippen molar-refractivity contribution < 1.29 is 18.0 Å². The van der Waals surface area contributed by atoms with Crippen LogP contribution >= 0.6 is 27.3 Å². The number of amides is 1. The zero-order valence-corrected chi connectivity index (χ0v) is 15.4. The molecule has 2 aromatic carbocycles. The van der Waals surface area contributed by atoms with Crippen molar-refractivity contribution in [3.8, 4) is 0 Å². The van der Waals surface area contributed by atoms with Gasteiger partial charge in [0, 0.05) is 15.5 Å². The number of carbonyl (C=O) groups is 1. The van der Waals surface area contributed by atoms with Crippen LogP contribution in [0.15, 0.2) is 58.4 Å². The molecule has 0 radical (unpaired) electrons. The molecule has 9 heteroatoms. The minimum absolute atomic E-state index is 0.116. The van der Waals surface area contributed by atoms with Crippen molar-refractivity contribution in [3.05, 3.63) is 69.6 Å². The van der Waals surface area contributed by atoms with Gasteiger partial charge in [-0.25, -0.2) is 4.98 Å². The Morgan fingerprint density at radius 1 is 1.08 bits per heavy atom. The van der Waals surface area contributed by atoms with Crippen molar-refractivity contribution in [3.63, 3.8) is 0 Å². The normalized spacial score (nSPS) is 11.2. The summed E-state index contributed by atoms with van der Waals surface area (Å²) >= 11 is 4.35. The Balaban J connectivity index is 1.74. The number of aromatic nitrogens is 1. The number of thiazole rings is 1. The number of alkyl halides is 3. The average Bonchev–Trinajstić information content (AvgIpc) is 3.05. The summed E-state index contributed by atoms with van der Waals surface area (Å²) in [5.41, 5.74) is -0.210. The monoisotopic (exact) mass is 441 g/mol. The maximum Gasteiger partial charge on any atom is 0.418 e. The van der Waals surface area contributed by atoms with Crippen LogP contribution in [0.3, 0.4) is 0 Å². The molecular formula is C17H11BrF3N3OS. The zero-order valence-electron chi connectivity index (χ0n) is 13.0. The van der Waals surface area contributed by atoms with Gasteiger partial charge in [0.2, 0.25) is 0 Å². The van der Waals surface area contributed by atoms with Crippen molar-refractivity contribution in [2.75, 3.05) is 10.6 Å². The molecule has 0 unspecified atom stereocenters. The fourth-order valence-corrected chi connectivity index (χ4v) is 3.09. The molecule has 0 aliphatic rings. The molecule has 0 saturated carbocycles. The Bertz CT molecular complexity index is 926. The SMILES string of the molecule is O=C(Nc1ccc(Br)cc1)c1csc(Nc2ccccc2C(F)(F)F)n1. The molecule has 0 aliphatic carbocycles. The van der Waals surface area contributed by atoms with Gasteiger partial charge >= 0.3 is 6.18 Å². The van der Waals surface area contributed by atoms with E-state index in [0.29, 0.717) is 5.69 Å². The molecule has 3 aromatic rings. The van der Waals surface area contributed by atoms with Crippen LogP contribution in [0, 0.1) is 0 Å². The molecule has 26 heavy (non-hydrogen) atoms. The van der Waals surface area contributed by atoms with E-state index in [1.807, 2.05) is 0 Å². The highest BCUT2D eigenvalue weighted by atomic mass is 79.9. The Morgan fingerprint density at radius 3 is 2.46 bits per heavy atom. The molecule has 2 N–H and O–H groups in total. The van der Waals surface area contributed by atoms with E-state index < -0.39 is 17.6 Å². The van der Waals surface area contributed by atoms with Gasteiger partial charge < -0.3 is 10.6 Å². The van der Waals surface area contributed by atoms with Crippen LogP contribution in [0.5, 0.6) is 0 Å². The van der Waals surface area contributed by atoms with Crippen LogP contribution in [0.2, 0.25) is 0 Å². The number of hydrogen-bond acceptors (Lipinski definition) is 4. The summed E-state index contributed by atoms with van der Waals surface area (Å²) in [6, 6.07) is 12.1. The number of halogens is 4. The van der Waals surface area contributed by atoms with Crippen LogP contribution in [0.25, 0.3) is 0 Å². The molecule has 0 bridgehead atoms. The molecule has 0 spiro atoms. The van der Waals surface area contributed by atoms with Crippen LogP contribution in [-0.4, -0.2) is 10.9 Å². The number of benzene rings is 2. The topological polar surface area (TPSA) is 54.0 Å². The molecule has 1 amide bonds. The van der Waals surface area contributed by atoms with Crippen molar-refractivity contribution >= 4 is 49.7 Å². The highest BCUT2D eigenvalue weighted by molar-refractivity contribution is 9.10. The average molecular weight is 442 g/mol. The summed E-state index contributed by atoms with van der Waals surface area (Å²) in [5, 5.41) is 6.98. The van der Waals surface area contributed by atoms with Crippen LogP contribution < -0.4 is 10.6 Å². The third-order valence-electron chi connectivity index (χ3n) is 3.31. The first-order valence-electron chi connectivity index (χ1n) is 7.28. The van der Waals surface area contributed by atoms with Gasteiger partial charge in [-0.1, -0.05) is 28.1 Å². The van der Waals surface area contributed by atoms with Gasteiger partial charge in [0.05, 0.1) is 11.3 Å². The minimum atomic E-state index is -4.48. The van der Waals surface area contributed by atoms with E-state index in [-0.39, 0.29) is 16.5 Å². The van der Waals surface area contributed by atoms with E-state index in [9.17, 15) is 18.0 Å². The summed E-state index contributed by atoms with van der Waals surface area (Å²) in [7, 11) is 0. The van der Waals surface area contributed by atoms with Crippen molar-refractivity contribution in [2.45, 2.75) is 6.18 Å². The molecule has 0 aliphatic heterocycles. The van der Waals surface area contributed by atoms with Crippen LogP contribution in [0.1, 0.15) is 16.1 Å². The van der Waals surface area contributed by atoms with Crippen molar-refractivity contribution in [1.82, 2.24) is 4.98 Å². The van der Waals surface area contributed by atoms with Gasteiger partial charge in [-0.15, -0.1) is 11.3 Å². The third kappa shape index (κ3) is 4.41. The fourth-order valence-electron chi connectivity index (χ4n) is 2.12. The lowest BCUT2D eigenvalue weighted by Gasteiger charge is -2.12. The summed E-state index contributed by atoms with van der Waals surface area (Å²) in [4.78, 5) is 16.3. The standard InChI is InChI=1S/C17H11BrF3N3OS/c18-10-5-7-11(8-6-10)22-15(25)14-9-26-16(24-14)23-13-4-2-1-3-12(13)17(19,20)21/h1-9H,(H,22,25)(H,23,24). The number of nitrogens with one attached hydrogen (secondary N) is 2. The molecule has 1 heterocycles. The van der Waals surface area contributed by atoms with Crippen LogP contribution in [-0.2, 0) is 6.18 Å². The summed E-state index contributed by atoms with van der Waals surface area (Å²) in [5.74, 6) is -0.444. The molecule has 134 valence electrons. The van der Waals surface area contributed by atoms with E-state index in [0.717, 1.165) is 21.9 Å². The maximum atomic E-state index is 13.0. The van der Waals surface area contributed by atoms with E-state index in [1.54, 1.807) is 24.3 Å². The van der Waals surface area contributed by atoms with E-state index in [2.05, 4.69) is 31.5 Å². The zero-order chi connectivity index (χ0) is 18.7. The first kappa shape index (κ1) is 18.4. The van der Waals surface area contributed by atoms with Gasteiger partial charge in [0.25, 0.3) is 5.91 Å². The number of carbonyl (C=O) groups excluding carboxylic acids is 1. The van der Waals surface area contributed by atoms with Crippen molar-refractivity contribution in [1.29, 1.82) is 0 Å². The quantitative estimate of drug-likeness (QED) is 0.528. The highest BCUT2D eigenvalue weighted by Gasteiger charge is 2.33. The predicted molar refractivity (Wildman–Crippen MR) is 98.9 cm³/mol. The molecule has 0 saturated heterocycles. The lowest BCUT2D eigenvalue weighted by molar-refractivity contribution is -0.136. The fraction of sp³-hybridized carbons (Fsp3) is 0.0588. The second-order valence-electron chi connectivity index (χ2n) is 5.17. The molecular weight excluding hydrogens is 431 g/mol. The summed E-state index contributed by atoms with van der Waals surface area (Å²) < 4.78 is 40.0. The summed E-state index contributed by atoms with van der Waals surface area (Å²) in [6.45, 7) is 0. The van der Waals surface area contributed by atoms with Crippen LogP contribution in [0.4, 0.5) is 29.7 Å². The molecule has 0 atom stereocenters. The van der Waals surface area contributed by atoms with E-state index >= 15 is 0 Å². The maximum absolute atomic E-state index is 13.0. The number of para-hydroxylation sites is 1. The minimum Gasteiger partial charge on any atom is -0.331 e. The number of hydrogen-bond donors (Lipinski definition) is 2. The third-order valence-corrected chi connectivity index (χ3v) is 4.60. The Labute approximate surface area is 159 Å². The number of nitrogens with zero attached hydrogens (tertiary/aromatic N) is 1. The predicted octanol–water partition coefficient (Wildman–Crippen LogP) is 5.92. The van der Waals surface area contributed by atoms with Gasteiger partial charge in [-0.05, 0) is 36.4 Å².